The van der Waals surface area contributed by atoms with E-state index in [1.165, 1.54) is 0 Å². The molecule has 0 bridgehead atoms. The van der Waals surface area contributed by atoms with Crippen LogP contribution in [0.1, 0.15) is 47.7 Å². The number of hydrogen-bond acceptors (Lipinski definition) is 5. The number of ether oxygens (including phenoxy) is 4. The van der Waals surface area contributed by atoms with E-state index in [1.807, 2.05) is 24.3 Å². The molecule has 5 nitrogen and oxygen atoms in total. The molecule has 0 radical (unpaired) electrons. The smallest absolute Gasteiger partial charge is 0.167 e. The molecule has 0 saturated carbocycles. The number of carbonyl (C=O) groups excluding carboxylic acids is 1. The second kappa shape index (κ2) is 7.14. The average Bonchev–Trinajstić information content (AvgIpc) is 2.69. The Morgan fingerprint density at radius 3 is 2.11 bits per heavy atom. The van der Waals surface area contributed by atoms with Gasteiger partial charge < -0.3 is 18.9 Å². The number of ketones is 1. The minimum atomic E-state index is -0.301. The van der Waals surface area contributed by atoms with Crippen molar-refractivity contribution in [1.29, 1.82) is 0 Å². The van der Waals surface area contributed by atoms with Crippen LogP contribution >= 0.6 is 0 Å². The summed E-state index contributed by atoms with van der Waals surface area (Å²) in [4.78, 5) is 13.0. The van der Waals surface area contributed by atoms with Crippen molar-refractivity contribution < 1.29 is 23.7 Å². The van der Waals surface area contributed by atoms with Gasteiger partial charge in [0.15, 0.2) is 17.3 Å². The van der Waals surface area contributed by atoms with Crippen LogP contribution < -0.4 is 18.9 Å². The molecule has 0 N–H and O–H groups in total. The molecular weight excluding hydrogens is 344 g/mol. The summed E-state index contributed by atoms with van der Waals surface area (Å²) in [5, 5.41) is 0. The normalized spacial score (nSPS) is 17.9. The molecule has 1 atom stereocenters. The van der Waals surface area contributed by atoms with Crippen LogP contribution in [0.25, 0.3) is 0 Å². The quantitative estimate of drug-likeness (QED) is 0.782. The van der Waals surface area contributed by atoms with Crippen LogP contribution in [0.3, 0.4) is 0 Å². The Morgan fingerprint density at radius 2 is 1.52 bits per heavy atom. The fourth-order valence-corrected chi connectivity index (χ4v) is 4.00. The van der Waals surface area contributed by atoms with Gasteiger partial charge in [-0.1, -0.05) is 19.9 Å². The zero-order valence-electron chi connectivity index (χ0n) is 16.7. The predicted octanol–water partition coefficient (Wildman–Crippen LogP) is 4.37. The lowest BCUT2D eigenvalue weighted by atomic mass is 9.62. The third kappa shape index (κ3) is 3.11. The Morgan fingerprint density at radius 1 is 0.852 bits per heavy atom. The van der Waals surface area contributed by atoms with Crippen molar-refractivity contribution in [3.63, 3.8) is 0 Å². The number of rotatable bonds is 5. The van der Waals surface area contributed by atoms with Gasteiger partial charge in [0.25, 0.3) is 0 Å². The maximum atomic E-state index is 13.0. The first-order chi connectivity index (χ1) is 12.9. The number of hydrogen-bond donors (Lipinski definition) is 0. The van der Waals surface area contributed by atoms with E-state index < -0.39 is 0 Å². The highest BCUT2D eigenvalue weighted by molar-refractivity contribution is 6.02. The molecule has 0 saturated heterocycles. The molecule has 0 aliphatic heterocycles. The van der Waals surface area contributed by atoms with Gasteiger partial charge in [-0.2, -0.15) is 0 Å². The number of methoxy groups -OCH3 is 4. The Bertz CT molecular complexity index is 869. The summed E-state index contributed by atoms with van der Waals surface area (Å²) in [6, 6.07) is 9.56. The molecule has 5 heteroatoms. The van der Waals surface area contributed by atoms with Gasteiger partial charge in [0, 0.05) is 18.4 Å². The fourth-order valence-electron chi connectivity index (χ4n) is 4.00. The lowest BCUT2D eigenvalue weighted by Gasteiger charge is -2.40. The zero-order chi connectivity index (χ0) is 19.8. The summed E-state index contributed by atoms with van der Waals surface area (Å²) in [6.07, 6.45) is 0.401. The van der Waals surface area contributed by atoms with E-state index in [0.717, 1.165) is 11.1 Å². The largest absolute Gasteiger partial charge is 0.497 e. The van der Waals surface area contributed by atoms with Crippen molar-refractivity contribution in [2.45, 2.75) is 31.6 Å². The van der Waals surface area contributed by atoms with Crippen LogP contribution in [0, 0.1) is 0 Å². The summed E-state index contributed by atoms with van der Waals surface area (Å²) in [5.74, 6) is 2.64. The van der Waals surface area contributed by atoms with Crippen LogP contribution in [-0.2, 0) is 5.41 Å². The Labute approximate surface area is 160 Å². The van der Waals surface area contributed by atoms with Crippen LogP contribution in [0.2, 0.25) is 0 Å². The van der Waals surface area contributed by atoms with Crippen LogP contribution in [0.4, 0.5) is 0 Å². The van der Waals surface area contributed by atoms with E-state index in [4.69, 9.17) is 18.9 Å². The molecule has 0 aromatic heterocycles. The van der Waals surface area contributed by atoms with Gasteiger partial charge in [-0.15, -0.1) is 0 Å². The third-order valence-electron chi connectivity index (χ3n) is 5.57. The van der Waals surface area contributed by atoms with E-state index in [-0.39, 0.29) is 17.1 Å². The van der Waals surface area contributed by atoms with Crippen molar-refractivity contribution in [2.24, 2.45) is 0 Å². The van der Waals surface area contributed by atoms with Crippen molar-refractivity contribution in [2.75, 3.05) is 28.4 Å². The van der Waals surface area contributed by atoms with Crippen molar-refractivity contribution >= 4 is 5.78 Å². The highest BCUT2D eigenvalue weighted by Gasteiger charge is 2.43. The Balaban J connectivity index is 2.16. The Hall–Kier alpha value is -2.69. The van der Waals surface area contributed by atoms with Crippen molar-refractivity contribution in [3.05, 3.63) is 47.0 Å². The van der Waals surface area contributed by atoms with E-state index in [0.29, 0.717) is 35.0 Å². The zero-order valence-corrected chi connectivity index (χ0v) is 16.7. The van der Waals surface area contributed by atoms with Gasteiger partial charge in [-0.05, 0) is 34.7 Å². The van der Waals surface area contributed by atoms with Gasteiger partial charge >= 0.3 is 0 Å². The van der Waals surface area contributed by atoms with Gasteiger partial charge in [-0.25, -0.2) is 0 Å². The molecule has 1 aliphatic rings. The molecule has 2 aromatic carbocycles. The average molecular weight is 370 g/mol. The minimum absolute atomic E-state index is 0.00545. The first kappa shape index (κ1) is 19.1. The van der Waals surface area contributed by atoms with Crippen LogP contribution in [0.15, 0.2) is 30.3 Å². The molecule has 1 unspecified atom stereocenters. The maximum absolute atomic E-state index is 13.0. The van der Waals surface area contributed by atoms with E-state index >= 15 is 0 Å². The number of Topliss-reactive ketones (excluding diaryl/α,β-unsaturated/α-hetero) is 1. The molecule has 27 heavy (non-hydrogen) atoms. The lowest BCUT2D eigenvalue weighted by molar-refractivity contribution is 0.0938. The molecule has 3 rings (SSSR count). The highest BCUT2D eigenvalue weighted by Crippen LogP contribution is 2.50. The fraction of sp³-hybridized carbons (Fsp3) is 0.409. The second-order valence-electron chi connectivity index (χ2n) is 7.27. The molecule has 0 heterocycles. The van der Waals surface area contributed by atoms with E-state index in [9.17, 15) is 4.79 Å². The van der Waals surface area contributed by atoms with Crippen LogP contribution in [0.5, 0.6) is 23.0 Å². The topological polar surface area (TPSA) is 54.0 Å². The van der Waals surface area contributed by atoms with Gasteiger partial charge in [0.1, 0.15) is 11.5 Å². The molecular formula is C22H26O5. The SMILES string of the molecule is COc1cc(OC)c2c(c1)C(C)(C)C(c1ccc(OC)c(OC)c1)CC2=O. The van der Waals surface area contributed by atoms with E-state index in [2.05, 4.69) is 13.8 Å². The highest BCUT2D eigenvalue weighted by atomic mass is 16.5. The van der Waals surface area contributed by atoms with Crippen molar-refractivity contribution in [3.8, 4) is 23.0 Å². The molecule has 144 valence electrons. The first-order valence-corrected chi connectivity index (χ1v) is 8.89. The number of carbonyl (C=O) groups is 1. The third-order valence-corrected chi connectivity index (χ3v) is 5.57. The maximum Gasteiger partial charge on any atom is 0.167 e. The molecule has 0 amide bonds. The molecule has 2 aromatic rings. The van der Waals surface area contributed by atoms with E-state index in [1.54, 1.807) is 34.5 Å². The summed E-state index contributed by atoms with van der Waals surface area (Å²) in [5.41, 5.74) is 2.33. The molecule has 0 spiro atoms. The predicted molar refractivity (Wildman–Crippen MR) is 104 cm³/mol. The molecule has 1 aliphatic carbocycles. The summed E-state index contributed by atoms with van der Waals surface area (Å²) >= 11 is 0. The summed E-state index contributed by atoms with van der Waals surface area (Å²) < 4.78 is 21.7. The first-order valence-electron chi connectivity index (χ1n) is 8.89. The van der Waals surface area contributed by atoms with Gasteiger partial charge in [-0.3, -0.25) is 4.79 Å². The minimum Gasteiger partial charge on any atom is -0.497 e. The van der Waals surface area contributed by atoms with Gasteiger partial charge in [0.05, 0.1) is 34.0 Å². The summed E-state index contributed by atoms with van der Waals surface area (Å²) in [6.45, 7) is 4.30. The lowest BCUT2D eigenvalue weighted by Crippen LogP contribution is -2.35. The van der Waals surface area contributed by atoms with Crippen LogP contribution in [-0.4, -0.2) is 34.2 Å². The second-order valence-corrected chi connectivity index (χ2v) is 7.27. The standard InChI is InChI=1S/C22H26O5/c1-22(2)15(13-7-8-18(25-4)19(9-13)26-5)12-17(23)21-16(22)10-14(24-3)11-20(21)27-6/h7-11,15H,12H2,1-6H3. The van der Waals surface area contributed by atoms with Gasteiger partial charge in [0.2, 0.25) is 0 Å². The number of fused-ring (bicyclic) bond motifs is 1. The monoisotopic (exact) mass is 370 g/mol. The number of benzene rings is 2. The molecule has 0 fully saturated rings. The van der Waals surface area contributed by atoms with Crippen molar-refractivity contribution in [1.82, 2.24) is 0 Å². The Kier molecular flexibility index (Phi) is 5.05. The summed E-state index contributed by atoms with van der Waals surface area (Å²) in [7, 11) is 6.42.